The van der Waals surface area contributed by atoms with Crippen LogP contribution in [0.15, 0.2) is 21.5 Å². The fraction of sp³-hybridized carbons (Fsp3) is 0.308. The molecular formula is C13H16N4O6S2. The van der Waals surface area contributed by atoms with E-state index in [0.717, 1.165) is 4.68 Å². The molecule has 0 aliphatic rings. The summed E-state index contributed by atoms with van der Waals surface area (Å²) in [7, 11) is 1.69. The van der Waals surface area contributed by atoms with Gasteiger partial charge in [0.2, 0.25) is 9.14 Å². The zero-order valence-electron chi connectivity index (χ0n) is 13.8. The molecule has 2 rings (SSSR count). The quantitative estimate of drug-likeness (QED) is 0.755. The second-order valence-electron chi connectivity index (χ2n) is 4.64. The highest BCUT2D eigenvalue weighted by Gasteiger charge is 2.21. The van der Waals surface area contributed by atoms with Gasteiger partial charge < -0.3 is 14.2 Å². The van der Waals surface area contributed by atoms with Crippen LogP contribution in [-0.4, -0.2) is 45.4 Å². The van der Waals surface area contributed by atoms with Gasteiger partial charge in [-0.15, -0.1) is 5.10 Å². The lowest BCUT2D eigenvalue weighted by atomic mass is 10.1. The van der Waals surface area contributed by atoms with E-state index >= 15 is 0 Å². The average molecular weight is 388 g/mol. The van der Waals surface area contributed by atoms with Gasteiger partial charge in [0.15, 0.2) is 0 Å². The predicted octanol–water partition coefficient (Wildman–Crippen LogP) is -0.104. The first kappa shape index (κ1) is 18.9. The Morgan fingerprint density at radius 3 is 2.16 bits per heavy atom. The smallest absolute Gasteiger partial charge is 0.287 e. The Balaban J connectivity index is 2.61. The Hall–Kier alpha value is -2.44. The number of ether oxygens (including phenoxy) is 3. The summed E-state index contributed by atoms with van der Waals surface area (Å²) in [6, 6.07) is 3.02. The third-order valence-electron chi connectivity index (χ3n) is 3.06. The number of carbonyl (C=O) groups excluding carboxylic acids is 1. The Labute approximate surface area is 147 Å². The summed E-state index contributed by atoms with van der Waals surface area (Å²) < 4.78 is 39.0. The Morgan fingerprint density at radius 1 is 1.20 bits per heavy atom. The first-order chi connectivity index (χ1) is 11.7. The van der Waals surface area contributed by atoms with E-state index in [1.807, 2.05) is 0 Å². The van der Waals surface area contributed by atoms with Crippen LogP contribution in [0.2, 0.25) is 0 Å². The SMILES string of the molecule is COc1cc(OC)c(C(=O)N=c2sc(S(N)(=O)=O)nn2C)c(OC)c1. The third-order valence-corrected chi connectivity index (χ3v) is 5.37. The zero-order valence-corrected chi connectivity index (χ0v) is 15.5. The molecule has 1 aromatic carbocycles. The fourth-order valence-electron chi connectivity index (χ4n) is 1.90. The van der Waals surface area contributed by atoms with Crippen LogP contribution < -0.4 is 24.2 Å². The van der Waals surface area contributed by atoms with Crippen LogP contribution in [0.5, 0.6) is 17.2 Å². The van der Waals surface area contributed by atoms with Crippen LogP contribution in [0.4, 0.5) is 0 Å². The zero-order chi connectivity index (χ0) is 18.8. The summed E-state index contributed by atoms with van der Waals surface area (Å²) in [5, 5.41) is 8.77. The highest BCUT2D eigenvalue weighted by Crippen LogP contribution is 2.34. The molecule has 0 bridgehead atoms. The molecule has 0 aliphatic carbocycles. The van der Waals surface area contributed by atoms with Gasteiger partial charge in [-0.2, -0.15) is 4.99 Å². The molecule has 2 aromatic rings. The van der Waals surface area contributed by atoms with Gasteiger partial charge in [-0.3, -0.25) is 4.79 Å². The minimum Gasteiger partial charge on any atom is -0.496 e. The first-order valence-corrected chi connectivity index (χ1v) is 9.03. The molecule has 136 valence electrons. The molecule has 0 fully saturated rings. The molecule has 12 heteroatoms. The van der Waals surface area contributed by atoms with E-state index in [-0.39, 0.29) is 26.2 Å². The molecule has 0 atom stereocenters. The van der Waals surface area contributed by atoms with Gasteiger partial charge in [0.25, 0.3) is 15.9 Å². The van der Waals surface area contributed by atoms with Crippen molar-refractivity contribution in [3.05, 3.63) is 22.5 Å². The summed E-state index contributed by atoms with van der Waals surface area (Å²) in [6.45, 7) is 0. The lowest BCUT2D eigenvalue weighted by Crippen LogP contribution is -2.16. The number of nitrogens with zero attached hydrogens (tertiary/aromatic N) is 3. The maximum atomic E-state index is 12.6. The maximum Gasteiger partial charge on any atom is 0.287 e. The number of sulfonamides is 1. The van der Waals surface area contributed by atoms with E-state index < -0.39 is 15.9 Å². The van der Waals surface area contributed by atoms with Gasteiger partial charge in [-0.05, 0) is 0 Å². The molecule has 10 nitrogen and oxygen atoms in total. The number of nitrogens with two attached hydrogens (primary N) is 1. The van der Waals surface area contributed by atoms with Crippen molar-refractivity contribution in [1.29, 1.82) is 0 Å². The average Bonchev–Trinajstić information content (AvgIpc) is 2.94. The fourth-order valence-corrected chi connectivity index (χ4v) is 3.44. The number of aryl methyl sites for hydroxylation is 1. The van der Waals surface area contributed by atoms with E-state index in [1.54, 1.807) is 0 Å². The number of rotatable bonds is 5. The van der Waals surface area contributed by atoms with Crippen molar-refractivity contribution in [2.75, 3.05) is 21.3 Å². The standard InChI is InChI=1S/C13H16N4O6S2/c1-17-12(24-13(16-17)25(14,19)20)15-11(18)10-8(22-3)5-7(21-2)6-9(10)23-4/h5-6H,1-4H3,(H2,14,19,20). The molecule has 1 heterocycles. The van der Waals surface area contributed by atoms with E-state index in [2.05, 4.69) is 10.1 Å². The van der Waals surface area contributed by atoms with Crippen molar-refractivity contribution in [2.45, 2.75) is 4.34 Å². The van der Waals surface area contributed by atoms with Gasteiger partial charge >= 0.3 is 0 Å². The van der Waals surface area contributed by atoms with Crippen molar-refractivity contribution in [1.82, 2.24) is 9.78 Å². The van der Waals surface area contributed by atoms with Crippen molar-refractivity contribution in [2.24, 2.45) is 17.2 Å². The van der Waals surface area contributed by atoms with Crippen LogP contribution in [0.25, 0.3) is 0 Å². The second-order valence-corrected chi connectivity index (χ2v) is 7.33. The number of aromatic nitrogens is 2. The molecular weight excluding hydrogens is 372 g/mol. The molecule has 2 N–H and O–H groups in total. The van der Waals surface area contributed by atoms with Crippen LogP contribution in [0.1, 0.15) is 10.4 Å². The predicted molar refractivity (Wildman–Crippen MR) is 88.4 cm³/mol. The Kier molecular flexibility index (Phi) is 5.45. The minimum absolute atomic E-state index is 0.0500. The van der Waals surface area contributed by atoms with Gasteiger partial charge in [-0.25, -0.2) is 18.2 Å². The van der Waals surface area contributed by atoms with E-state index in [4.69, 9.17) is 19.3 Å². The molecule has 1 aromatic heterocycles. The molecule has 25 heavy (non-hydrogen) atoms. The van der Waals surface area contributed by atoms with Crippen molar-refractivity contribution >= 4 is 27.3 Å². The van der Waals surface area contributed by atoms with E-state index in [1.165, 1.54) is 40.5 Å². The number of hydrogen-bond donors (Lipinski definition) is 1. The van der Waals surface area contributed by atoms with Crippen LogP contribution in [0.3, 0.4) is 0 Å². The Bertz CT molecular complexity index is 952. The van der Waals surface area contributed by atoms with Crippen molar-refractivity contribution in [3.63, 3.8) is 0 Å². The normalized spacial score (nSPS) is 12.1. The summed E-state index contributed by atoms with van der Waals surface area (Å²) >= 11 is 0.669. The maximum absolute atomic E-state index is 12.6. The lowest BCUT2D eigenvalue weighted by Gasteiger charge is -2.12. The number of carbonyl (C=O) groups is 1. The van der Waals surface area contributed by atoms with Crippen LogP contribution in [0, 0.1) is 0 Å². The van der Waals surface area contributed by atoms with Crippen molar-refractivity contribution in [3.8, 4) is 17.2 Å². The lowest BCUT2D eigenvalue weighted by molar-refractivity contribution is 0.0991. The van der Waals surface area contributed by atoms with Gasteiger partial charge in [0.05, 0.1) is 21.3 Å². The number of methoxy groups -OCH3 is 3. The van der Waals surface area contributed by atoms with Crippen LogP contribution >= 0.6 is 11.3 Å². The van der Waals surface area contributed by atoms with E-state index in [0.29, 0.717) is 17.1 Å². The summed E-state index contributed by atoms with van der Waals surface area (Å²) in [5.74, 6) is 0.134. The topological polar surface area (TPSA) is 135 Å². The monoisotopic (exact) mass is 388 g/mol. The number of amides is 1. The summed E-state index contributed by atoms with van der Waals surface area (Å²) in [4.78, 5) is 16.5. The molecule has 0 saturated carbocycles. The molecule has 0 spiro atoms. The highest BCUT2D eigenvalue weighted by molar-refractivity contribution is 7.91. The second kappa shape index (κ2) is 7.21. The van der Waals surface area contributed by atoms with Crippen molar-refractivity contribution < 1.29 is 27.4 Å². The molecule has 0 aliphatic heterocycles. The molecule has 0 radical (unpaired) electrons. The Morgan fingerprint density at radius 2 is 1.76 bits per heavy atom. The third kappa shape index (κ3) is 3.97. The van der Waals surface area contributed by atoms with Gasteiger partial charge in [0.1, 0.15) is 22.8 Å². The van der Waals surface area contributed by atoms with E-state index in [9.17, 15) is 13.2 Å². The van der Waals surface area contributed by atoms with Gasteiger partial charge in [0, 0.05) is 19.2 Å². The molecule has 0 saturated heterocycles. The number of benzene rings is 1. The number of primary sulfonamides is 1. The highest BCUT2D eigenvalue weighted by atomic mass is 32.2. The van der Waals surface area contributed by atoms with Gasteiger partial charge in [-0.1, -0.05) is 11.3 Å². The summed E-state index contributed by atoms with van der Waals surface area (Å²) in [5.41, 5.74) is 0.0661. The minimum atomic E-state index is -3.99. The van der Waals surface area contributed by atoms with Crippen LogP contribution in [-0.2, 0) is 17.1 Å². The number of hydrogen-bond acceptors (Lipinski definition) is 8. The summed E-state index contributed by atoms with van der Waals surface area (Å²) in [6.07, 6.45) is 0. The largest absolute Gasteiger partial charge is 0.496 e. The molecule has 1 amide bonds. The first-order valence-electron chi connectivity index (χ1n) is 6.67. The molecule has 0 unspecified atom stereocenters.